The lowest BCUT2D eigenvalue weighted by Gasteiger charge is -2.14. The normalized spacial score (nSPS) is 15.2. The molecule has 1 aromatic heterocycles. The molecule has 0 fully saturated rings. The highest BCUT2D eigenvalue weighted by atomic mass is 32.2. The van der Waals surface area contributed by atoms with Crippen molar-refractivity contribution in [2.45, 2.75) is 36.6 Å². The first-order valence-electron chi connectivity index (χ1n) is 5.05. The third-order valence-electron chi connectivity index (χ3n) is 2.01. The van der Waals surface area contributed by atoms with Gasteiger partial charge in [-0.3, -0.25) is 0 Å². The summed E-state index contributed by atoms with van der Waals surface area (Å²) in [7, 11) is -3.59. The van der Waals surface area contributed by atoms with Crippen molar-refractivity contribution in [1.82, 2.24) is 4.72 Å². The van der Waals surface area contributed by atoms with Crippen LogP contribution >= 0.6 is 11.3 Å². The Morgan fingerprint density at radius 1 is 1.53 bits per heavy atom. The van der Waals surface area contributed by atoms with Crippen LogP contribution in [0.5, 0.6) is 0 Å². The smallest absolute Gasteiger partial charge is 0.250 e. The zero-order valence-electron chi connectivity index (χ0n) is 9.54. The fourth-order valence-electron chi connectivity index (χ4n) is 1.41. The van der Waals surface area contributed by atoms with E-state index in [1.54, 1.807) is 13.8 Å². The standard InChI is InChI=1S/C10H14N2O3S2/c1-7(5-8(2)13)12-17(14,15)10-4-3-9(6-11)16-10/h3-4,7-8,12-13H,5H2,1-2H3. The lowest BCUT2D eigenvalue weighted by atomic mass is 10.2. The number of aliphatic hydroxyl groups excluding tert-OH is 1. The van der Waals surface area contributed by atoms with E-state index >= 15 is 0 Å². The molecule has 0 bridgehead atoms. The van der Waals surface area contributed by atoms with Gasteiger partial charge in [-0.1, -0.05) is 0 Å². The first kappa shape index (κ1) is 14.1. The van der Waals surface area contributed by atoms with Gasteiger partial charge in [0.2, 0.25) is 10.0 Å². The van der Waals surface area contributed by atoms with E-state index < -0.39 is 16.1 Å². The number of thiophene rings is 1. The van der Waals surface area contributed by atoms with E-state index in [0.29, 0.717) is 11.3 Å². The van der Waals surface area contributed by atoms with Gasteiger partial charge in [0.15, 0.2) is 0 Å². The number of hydrogen-bond acceptors (Lipinski definition) is 5. The Bertz CT molecular complexity index is 514. The molecule has 0 radical (unpaired) electrons. The molecule has 17 heavy (non-hydrogen) atoms. The van der Waals surface area contributed by atoms with E-state index in [1.807, 2.05) is 6.07 Å². The summed E-state index contributed by atoms with van der Waals surface area (Å²) in [5.74, 6) is 0. The van der Waals surface area contributed by atoms with Crippen LogP contribution in [-0.4, -0.2) is 25.7 Å². The molecule has 0 spiro atoms. The molecular formula is C10H14N2O3S2. The van der Waals surface area contributed by atoms with Crippen LogP contribution in [0.15, 0.2) is 16.3 Å². The molecule has 1 rings (SSSR count). The summed E-state index contributed by atoms with van der Waals surface area (Å²) in [6.45, 7) is 3.28. The van der Waals surface area contributed by atoms with Gasteiger partial charge in [0.1, 0.15) is 15.2 Å². The van der Waals surface area contributed by atoms with Crippen LogP contribution in [0.4, 0.5) is 0 Å². The lowest BCUT2D eigenvalue weighted by Crippen LogP contribution is -2.34. The molecule has 2 unspecified atom stereocenters. The minimum absolute atomic E-state index is 0.117. The van der Waals surface area contributed by atoms with Crippen LogP contribution in [0.25, 0.3) is 0 Å². The number of aliphatic hydroxyl groups is 1. The molecule has 0 aliphatic carbocycles. The van der Waals surface area contributed by atoms with Gasteiger partial charge in [-0.25, -0.2) is 13.1 Å². The SMILES string of the molecule is CC(O)CC(C)NS(=O)(=O)c1ccc(C#N)s1. The van der Waals surface area contributed by atoms with Gasteiger partial charge in [0, 0.05) is 6.04 Å². The Morgan fingerprint density at radius 2 is 2.18 bits per heavy atom. The van der Waals surface area contributed by atoms with Gasteiger partial charge in [-0.2, -0.15) is 5.26 Å². The minimum atomic E-state index is -3.59. The first-order valence-corrected chi connectivity index (χ1v) is 7.35. The van der Waals surface area contributed by atoms with E-state index in [-0.39, 0.29) is 10.3 Å². The molecule has 0 aliphatic rings. The molecule has 7 heteroatoms. The third-order valence-corrected chi connectivity index (χ3v) is 5.08. The topological polar surface area (TPSA) is 90.2 Å². The maximum atomic E-state index is 11.9. The second-order valence-corrected chi connectivity index (χ2v) is 6.86. The average Bonchev–Trinajstić information content (AvgIpc) is 2.63. The van der Waals surface area contributed by atoms with E-state index in [1.165, 1.54) is 12.1 Å². The second kappa shape index (κ2) is 5.60. The maximum absolute atomic E-state index is 11.9. The molecule has 2 atom stereocenters. The lowest BCUT2D eigenvalue weighted by molar-refractivity contribution is 0.175. The summed E-state index contributed by atoms with van der Waals surface area (Å²) in [6.07, 6.45) is -0.221. The van der Waals surface area contributed by atoms with Gasteiger partial charge in [-0.15, -0.1) is 11.3 Å². The Hall–Kier alpha value is -0.940. The predicted molar refractivity (Wildman–Crippen MR) is 65.1 cm³/mol. The van der Waals surface area contributed by atoms with Crippen LogP contribution in [0.2, 0.25) is 0 Å². The summed E-state index contributed by atoms with van der Waals surface area (Å²) in [5, 5.41) is 17.8. The molecule has 0 aliphatic heterocycles. The highest BCUT2D eigenvalue weighted by molar-refractivity contribution is 7.91. The van der Waals surface area contributed by atoms with Crippen molar-refractivity contribution in [2.75, 3.05) is 0 Å². The molecule has 0 amide bonds. The van der Waals surface area contributed by atoms with Crippen molar-refractivity contribution < 1.29 is 13.5 Å². The summed E-state index contributed by atoms with van der Waals surface area (Å²) in [5.41, 5.74) is 0. The average molecular weight is 274 g/mol. The molecule has 2 N–H and O–H groups in total. The molecule has 1 aromatic rings. The molecule has 94 valence electrons. The molecule has 0 saturated heterocycles. The number of hydrogen-bond donors (Lipinski definition) is 2. The van der Waals surface area contributed by atoms with Crippen molar-refractivity contribution in [1.29, 1.82) is 5.26 Å². The van der Waals surface area contributed by atoms with Gasteiger partial charge in [0.05, 0.1) is 6.10 Å². The fraction of sp³-hybridized carbons (Fsp3) is 0.500. The van der Waals surface area contributed by atoms with Gasteiger partial charge in [0.25, 0.3) is 0 Å². The van der Waals surface area contributed by atoms with Crippen LogP contribution in [0.3, 0.4) is 0 Å². The van der Waals surface area contributed by atoms with Gasteiger partial charge < -0.3 is 5.11 Å². The highest BCUT2D eigenvalue weighted by Crippen LogP contribution is 2.21. The zero-order chi connectivity index (χ0) is 13.1. The van der Waals surface area contributed by atoms with Crippen LogP contribution in [0, 0.1) is 11.3 Å². The summed E-state index contributed by atoms with van der Waals surface area (Å²) in [4.78, 5) is 0.355. The molecule has 5 nitrogen and oxygen atoms in total. The zero-order valence-corrected chi connectivity index (χ0v) is 11.2. The Kier molecular flexibility index (Phi) is 4.65. The van der Waals surface area contributed by atoms with Gasteiger partial charge in [-0.05, 0) is 32.4 Å². The van der Waals surface area contributed by atoms with Crippen molar-refractivity contribution >= 4 is 21.4 Å². The third kappa shape index (κ3) is 4.09. The largest absolute Gasteiger partial charge is 0.393 e. The van der Waals surface area contributed by atoms with Crippen molar-refractivity contribution in [3.8, 4) is 6.07 Å². The minimum Gasteiger partial charge on any atom is -0.393 e. The molecule has 0 aromatic carbocycles. The van der Waals surface area contributed by atoms with E-state index in [2.05, 4.69) is 4.72 Å². The molecule has 0 saturated carbocycles. The van der Waals surface area contributed by atoms with Gasteiger partial charge >= 0.3 is 0 Å². The van der Waals surface area contributed by atoms with Crippen molar-refractivity contribution in [3.05, 3.63) is 17.0 Å². The van der Waals surface area contributed by atoms with Crippen molar-refractivity contribution in [3.63, 3.8) is 0 Å². The van der Waals surface area contributed by atoms with Crippen LogP contribution in [0.1, 0.15) is 25.1 Å². The Morgan fingerprint density at radius 3 is 2.65 bits per heavy atom. The number of nitriles is 1. The van der Waals surface area contributed by atoms with E-state index in [0.717, 1.165) is 11.3 Å². The summed E-state index contributed by atoms with van der Waals surface area (Å²) >= 11 is 0.927. The number of rotatable bonds is 5. The predicted octanol–water partition coefficient (Wildman–Crippen LogP) is 1.06. The van der Waals surface area contributed by atoms with E-state index in [9.17, 15) is 8.42 Å². The molecular weight excluding hydrogens is 260 g/mol. The summed E-state index contributed by atoms with van der Waals surface area (Å²) in [6, 6.07) is 4.41. The number of sulfonamides is 1. The fourth-order valence-corrected chi connectivity index (χ4v) is 3.78. The monoisotopic (exact) mass is 274 g/mol. The number of nitrogens with zero attached hydrogens (tertiary/aromatic N) is 1. The van der Waals surface area contributed by atoms with Crippen molar-refractivity contribution in [2.24, 2.45) is 0 Å². The van der Waals surface area contributed by atoms with Crippen LogP contribution in [-0.2, 0) is 10.0 Å². The number of nitrogens with one attached hydrogen (secondary N) is 1. The van der Waals surface area contributed by atoms with Crippen LogP contribution < -0.4 is 4.72 Å². The Balaban J connectivity index is 2.79. The maximum Gasteiger partial charge on any atom is 0.250 e. The quantitative estimate of drug-likeness (QED) is 0.840. The molecule has 1 heterocycles. The first-order chi connectivity index (χ1) is 7.85. The Labute approximate surface area is 105 Å². The second-order valence-electron chi connectivity index (χ2n) is 3.84. The van der Waals surface area contributed by atoms with E-state index in [4.69, 9.17) is 10.4 Å². The highest BCUT2D eigenvalue weighted by Gasteiger charge is 2.20. The summed E-state index contributed by atoms with van der Waals surface area (Å²) < 4.78 is 26.3.